The SMILES string of the molecule is N#Cc1ncc(N2C(=O)C3(CCC3)N(c3ccc(C(=O)N4CCCC4)c(F)c3)C2=S)cc1C(F)(F)F. The number of thiocarbonyl (C=S) groups is 1. The Bertz CT molecular complexity index is 1330. The first kappa shape index (κ1) is 24.1. The zero-order chi connectivity index (χ0) is 25.8. The number of aromatic nitrogens is 1. The molecule has 186 valence electrons. The van der Waals surface area contributed by atoms with Crippen molar-refractivity contribution in [3.63, 3.8) is 0 Å². The minimum Gasteiger partial charge on any atom is -0.339 e. The molecule has 2 aromatic rings. The van der Waals surface area contributed by atoms with E-state index in [-0.39, 0.29) is 22.1 Å². The van der Waals surface area contributed by atoms with Crippen molar-refractivity contribution in [2.45, 2.75) is 43.8 Å². The fraction of sp³-hybridized carbons (Fsp3) is 0.375. The zero-order valence-electron chi connectivity index (χ0n) is 18.8. The number of carbonyl (C=O) groups is 2. The summed E-state index contributed by atoms with van der Waals surface area (Å²) in [7, 11) is 0. The van der Waals surface area contributed by atoms with Gasteiger partial charge in [-0.2, -0.15) is 18.4 Å². The van der Waals surface area contributed by atoms with Crippen LogP contribution in [-0.4, -0.2) is 45.4 Å². The van der Waals surface area contributed by atoms with Gasteiger partial charge in [0.2, 0.25) is 0 Å². The first-order valence-corrected chi connectivity index (χ1v) is 11.7. The molecule has 3 heterocycles. The summed E-state index contributed by atoms with van der Waals surface area (Å²) in [5, 5.41) is 8.90. The summed E-state index contributed by atoms with van der Waals surface area (Å²) < 4.78 is 55.7. The summed E-state index contributed by atoms with van der Waals surface area (Å²) in [4.78, 5) is 33.8. The van der Waals surface area contributed by atoms with Crippen LogP contribution in [-0.2, 0) is 11.0 Å². The number of likely N-dealkylation sites (tertiary alicyclic amines) is 1. The number of carbonyl (C=O) groups excluding carboxylic acids is 2. The molecule has 36 heavy (non-hydrogen) atoms. The smallest absolute Gasteiger partial charge is 0.339 e. The van der Waals surface area contributed by atoms with E-state index in [1.807, 2.05) is 0 Å². The van der Waals surface area contributed by atoms with E-state index in [1.165, 1.54) is 23.1 Å². The summed E-state index contributed by atoms with van der Waals surface area (Å²) in [5.41, 5.74) is -3.37. The summed E-state index contributed by atoms with van der Waals surface area (Å²) in [6.07, 6.45) is -0.753. The number of nitrogens with zero attached hydrogens (tertiary/aromatic N) is 5. The second kappa shape index (κ2) is 8.51. The molecule has 7 nitrogen and oxygen atoms in total. The lowest BCUT2D eigenvalue weighted by Crippen LogP contribution is -2.55. The number of anilines is 2. The lowest BCUT2D eigenvalue weighted by atomic mass is 9.75. The van der Waals surface area contributed by atoms with E-state index < -0.39 is 40.6 Å². The maximum absolute atomic E-state index is 15.1. The standard InChI is InChI=1S/C24H19F4N5O2S/c25-18-11-14(4-5-16(18)20(34)31-8-1-2-9-31)33-22(36)32(21(35)23(33)6-3-7-23)15-10-17(24(26,27)28)19(12-29)30-13-15/h4-5,10-11,13H,1-3,6-9H2. The Morgan fingerprint density at radius 2 is 1.81 bits per heavy atom. The lowest BCUT2D eigenvalue weighted by molar-refractivity contribution is -0.138. The van der Waals surface area contributed by atoms with Crippen molar-refractivity contribution < 1.29 is 27.2 Å². The van der Waals surface area contributed by atoms with E-state index in [4.69, 9.17) is 17.5 Å². The molecule has 3 aliphatic rings. The highest BCUT2D eigenvalue weighted by atomic mass is 32.1. The fourth-order valence-corrected chi connectivity index (χ4v) is 5.46. The molecule has 1 aromatic carbocycles. The van der Waals surface area contributed by atoms with Crippen LogP contribution in [0.15, 0.2) is 30.5 Å². The van der Waals surface area contributed by atoms with Gasteiger partial charge in [-0.3, -0.25) is 14.5 Å². The highest BCUT2D eigenvalue weighted by molar-refractivity contribution is 7.81. The molecule has 0 N–H and O–H groups in total. The van der Waals surface area contributed by atoms with Crippen LogP contribution in [0.3, 0.4) is 0 Å². The third-order valence-corrected chi connectivity index (χ3v) is 7.33. The number of amides is 2. The number of alkyl halides is 3. The highest BCUT2D eigenvalue weighted by Crippen LogP contribution is 2.48. The summed E-state index contributed by atoms with van der Waals surface area (Å²) in [5.74, 6) is -1.73. The van der Waals surface area contributed by atoms with E-state index in [9.17, 15) is 22.8 Å². The molecule has 3 fully saturated rings. The van der Waals surface area contributed by atoms with Crippen LogP contribution < -0.4 is 9.80 Å². The zero-order valence-corrected chi connectivity index (χ0v) is 19.6. The minimum absolute atomic E-state index is 0.0947. The Hall–Kier alpha value is -3.59. The van der Waals surface area contributed by atoms with Crippen molar-refractivity contribution in [1.29, 1.82) is 5.26 Å². The molecule has 2 aliphatic heterocycles. The van der Waals surface area contributed by atoms with Gasteiger partial charge in [0.15, 0.2) is 10.8 Å². The van der Waals surface area contributed by atoms with Gasteiger partial charge in [0.05, 0.1) is 23.0 Å². The maximum atomic E-state index is 15.1. The van der Waals surface area contributed by atoms with Gasteiger partial charge >= 0.3 is 6.18 Å². The lowest BCUT2D eigenvalue weighted by Gasteiger charge is -2.43. The van der Waals surface area contributed by atoms with E-state index >= 15 is 4.39 Å². The van der Waals surface area contributed by atoms with Crippen LogP contribution >= 0.6 is 12.2 Å². The summed E-state index contributed by atoms with van der Waals surface area (Å²) in [6.45, 7) is 1.11. The van der Waals surface area contributed by atoms with Gasteiger partial charge in [0, 0.05) is 18.8 Å². The molecule has 0 bridgehead atoms. The number of pyridine rings is 1. The fourth-order valence-electron chi connectivity index (χ4n) is 5.00. The molecular weight excluding hydrogens is 498 g/mol. The normalized spacial score (nSPS) is 19.1. The van der Waals surface area contributed by atoms with Crippen molar-refractivity contribution >= 4 is 40.5 Å². The average Bonchev–Trinajstić information content (AvgIpc) is 3.42. The van der Waals surface area contributed by atoms with Crippen LogP contribution in [0.2, 0.25) is 0 Å². The molecule has 0 atom stereocenters. The monoisotopic (exact) mass is 517 g/mol. The summed E-state index contributed by atoms with van der Waals surface area (Å²) >= 11 is 5.52. The van der Waals surface area contributed by atoms with Gasteiger partial charge in [-0.1, -0.05) is 0 Å². The minimum atomic E-state index is -4.87. The molecule has 1 aliphatic carbocycles. The molecule has 12 heteroatoms. The Kier molecular flexibility index (Phi) is 5.70. The summed E-state index contributed by atoms with van der Waals surface area (Å²) in [6, 6.07) is 6.05. The van der Waals surface area contributed by atoms with E-state index in [0.29, 0.717) is 38.4 Å². The number of benzene rings is 1. The molecule has 1 saturated carbocycles. The number of hydrogen-bond donors (Lipinski definition) is 0. The first-order chi connectivity index (χ1) is 17.1. The molecule has 0 unspecified atom stereocenters. The third kappa shape index (κ3) is 3.61. The van der Waals surface area contributed by atoms with Crippen LogP contribution in [0.25, 0.3) is 0 Å². The Morgan fingerprint density at radius 3 is 2.36 bits per heavy atom. The Balaban J connectivity index is 1.53. The first-order valence-electron chi connectivity index (χ1n) is 11.3. The number of rotatable bonds is 3. The van der Waals surface area contributed by atoms with Gasteiger partial charge < -0.3 is 9.80 Å². The molecular formula is C24H19F4N5O2S. The predicted molar refractivity (Wildman–Crippen MR) is 125 cm³/mol. The third-order valence-electron chi connectivity index (χ3n) is 6.97. The Labute approximate surface area is 208 Å². The maximum Gasteiger partial charge on any atom is 0.419 e. The van der Waals surface area contributed by atoms with Crippen LogP contribution in [0.4, 0.5) is 28.9 Å². The molecule has 1 spiro atoms. The van der Waals surface area contributed by atoms with E-state index in [2.05, 4.69) is 4.98 Å². The van der Waals surface area contributed by atoms with Crippen molar-refractivity contribution in [3.05, 3.63) is 53.1 Å². The van der Waals surface area contributed by atoms with Gasteiger partial charge in [-0.25, -0.2) is 9.37 Å². The second-order valence-corrected chi connectivity index (χ2v) is 9.37. The average molecular weight is 518 g/mol. The second-order valence-electron chi connectivity index (χ2n) is 9.01. The van der Waals surface area contributed by atoms with Crippen molar-refractivity contribution in [3.8, 4) is 6.07 Å². The predicted octanol–water partition coefficient (Wildman–Crippen LogP) is 4.41. The van der Waals surface area contributed by atoms with Crippen molar-refractivity contribution in [2.75, 3.05) is 22.9 Å². The quantitative estimate of drug-likeness (QED) is 0.443. The van der Waals surface area contributed by atoms with E-state index in [0.717, 1.165) is 30.0 Å². The molecule has 2 amide bonds. The van der Waals surface area contributed by atoms with Gasteiger partial charge in [0.25, 0.3) is 11.8 Å². The van der Waals surface area contributed by atoms with Crippen molar-refractivity contribution in [2.24, 2.45) is 0 Å². The van der Waals surface area contributed by atoms with Crippen LogP contribution in [0.1, 0.15) is 53.7 Å². The number of hydrogen-bond acceptors (Lipinski definition) is 5. The Morgan fingerprint density at radius 1 is 1.11 bits per heavy atom. The number of nitriles is 1. The number of halogens is 4. The van der Waals surface area contributed by atoms with Gasteiger partial charge in [-0.15, -0.1) is 0 Å². The van der Waals surface area contributed by atoms with Crippen LogP contribution in [0.5, 0.6) is 0 Å². The van der Waals surface area contributed by atoms with Crippen LogP contribution in [0, 0.1) is 17.1 Å². The molecule has 2 saturated heterocycles. The van der Waals surface area contributed by atoms with Gasteiger partial charge in [0.1, 0.15) is 17.4 Å². The largest absolute Gasteiger partial charge is 0.419 e. The van der Waals surface area contributed by atoms with E-state index in [1.54, 1.807) is 4.90 Å². The topological polar surface area (TPSA) is 80.5 Å². The molecule has 1 aromatic heterocycles. The van der Waals surface area contributed by atoms with Crippen molar-refractivity contribution in [1.82, 2.24) is 9.88 Å². The molecule has 5 rings (SSSR count). The highest BCUT2D eigenvalue weighted by Gasteiger charge is 2.60. The van der Waals surface area contributed by atoms with Gasteiger partial charge in [-0.05, 0) is 68.6 Å². The molecule has 0 radical (unpaired) electrons.